The first-order valence-electron chi connectivity index (χ1n) is 22.5. The Bertz CT molecular complexity index is 926. The molecule has 9 heteroatoms. The molecule has 2 unspecified atom stereocenters. The number of carbonyl (C=O) groups excluding carboxylic acids is 1. The number of hydrogen-bond donors (Lipinski definition) is 2. The Balaban J connectivity index is 4.05. The van der Waals surface area contributed by atoms with Gasteiger partial charge in [0.2, 0.25) is 0 Å². The summed E-state index contributed by atoms with van der Waals surface area (Å²) in [6, 6.07) is 0. The fraction of sp³-hybridized carbons (Fsp3) is 0.844. The normalized spacial score (nSPS) is 13.7. The van der Waals surface area contributed by atoms with Crippen LogP contribution in [0.1, 0.15) is 213 Å². The first-order chi connectivity index (χ1) is 26.4. The summed E-state index contributed by atoms with van der Waals surface area (Å²) >= 11 is 0. The van der Waals surface area contributed by atoms with E-state index in [1.807, 2.05) is 6.08 Å². The van der Waals surface area contributed by atoms with Crippen molar-refractivity contribution in [2.75, 3.05) is 26.4 Å². The van der Waals surface area contributed by atoms with Crippen LogP contribution in [0.5, 0.6) is 0 Å². The quantitative estimate of drug-likeness (QED) is 0.0206. The average molecular weight is 784 g/mol. The molecule has 0 heterocycles. The molecule has 0 spiro atoms. The lowest BCUT2D eigenvalue weighted by Crippen LogP contribution is -2.27. The zero-order chi connectivity index (χ0) is 39.5. The van der Waals surface area contributed by atoms with Gasteiger partial charge in [0.1, 0.15) is 6.61 Å². The monoisotopic (exact) mass is 784 g/mol. The summed E-state index contributed by atoms with van der Waals surface area (Å²) in [5.41, 5.74) is 5.37. The van der Waals surface area contributed by atoms with E-state index in [1.165, 1.54) is 154 Å². The number of phosphoric ester groups is 1. The number of nitrogens with two attached hydrogens (primary N) is 1. The maximum absolute atomic E-state index is 12.6. The molecule has 0 aliphatic rings. The predicted molar refractivity (Wildman–Crippen MR) is 229 cm³/mol. The van der Waals surface area contributed by atoms with Crippen LogP contribution in [0.2, 0.25) is 0 Å². The van der Waals surface area contributed by atoms with Crippen molar-refractivity contribution in [3.63, 3.8) is 0 Å². The fourth-order valence-electron chi connectivity index (χ4n) is 6.29. The number of esters is 1. The van der Waals surface area contributed by atoms with Gasteiger partial charge in [-0.2, -0.15) is 0 Å². The van der Waals surface area contributed by atoms with Crippen LogP contribution >= 0.6 is 7.82 Å². The number of ether oxygens (including phenoxy) is 2. The zero-order valence-corrected chi connectivity index (χ0v) is 36.1. The van der Waals surface area contributed by atoms with Gasteiger partial charge in [-0.05, 0) is 57.4 Å². The van der Waals surface area contributed by atoms with Crippen molar-refractivity contribution in [2.24, 2.45) is 5.73 Å². The van der Waals surface area contributed by atoms with Gasteiger partial charge in [-0.3, -0.25) is 13.8 Å². The van der Waals surface area contributed by atoms with Crippen LogP contribution in [0.3, 0.4) is 0 Å². The Morgan fingerprint density at radius 3 is 1.50 bits per heavy atom. The Kier molecular flexibility index (Phi) is 41.6. The number of unbranched alkanes of at least 4 members (excludes halogenated alkanes) is 26. The van der Waals surface area contributed by atoms with Crippen LogP contribution in [0, 0.1) is 0 Å². The van der Waals surface area contributed by atoms with Crippen molar-refractivity contribution in [3.8, 4) is 0 Å². The summed E-state index contributed by atoms with van der Waals surface area (Å²) in [7, 11) is -4.29. The highest BCUT2D eigenvalue weighted by Gasteiger charge is 2.25. The summed E-state index contributed by atoms with van der Waals surface area (Å²) in [5.74, 6) is -0.355. The number of carbonyl (C=O) groups is 1. The van der Waals surface area contributed by atoms with Gasteiger partial charge in [0, 0.05) is 13.0 Å². The average Bonchev–Trinajstić information content (AvgIpc) is 3.16. The van der Waals surface area contributed by atoms with Gasteiger partial charge < -0.3 is 20.1 Å². The highest BCUT2D eigenvalue weighted by Crippen LogP contribution is 2.43. The highest BCUT2D eigenvalue weighted by molar-refractivity contribution is 7.47. The third-order valence-electron chi connectivity index (χ3n) is 9.62. The molecular weight excluding hydrogens is 697 g/mol. The molecular formula is C45H86NO7P. The van der Waals surface area contributed by atoms with Gasteiger partial charge >= 0.3 is 13.8 Å². The lowest BCUT2D eigenvalue weighted by molar-refractivity contribution is -0.153. The molecule has 2 atom stereocenters. The van der Waals surface area contributed by atoms with E-state index in [0.717, 1.165) is 38.5 Å². The maximum Gasteiger partial charge on any atom is 0.472 e. The molecule has 0 aliphatic carbocycles. The molecule has 0 saturated carbocycles. The maximum atomic E-state index is 12.6. The van der Waals surface area contributed by atoms with Crippen LogP contribution in [0.4, 0.5) is 0 Å². The molecule has 0 aromatic carbocycles. The fourth-order valence-corrected chi connectivity index (χ4v) is 7.05. The minimum atomic E-state index is -4.29. The topological polar surface area (TPSA) is 117 Å². The Hall–Kier alpha value is -1.44. The molecule has 0 aliphatic heterocycles. The number of allylic oxidation sites excluding steroid dienone is 5. The molecule has 0 rings (SSSR count). The Morgan fingerprint density at radius 1 is 0.574 bits per heavy atom. The largest absolute Gasteiger partial charge is 0.498 e. The van der Waals surface area contributed by atoms with E-state index in [0.29, 0.717) is 6.42 Å². The van der Waals surface area contributed by atoms with E-state index in [2.05, 4.69) is 38.2 Å². The summed E-state index contributed by atoms with van der Waals surface area (Å²) in [4.78, 5) is 22.5. The Labute approximate surface area is 333 Å². The van der Waals surface area contributed by atoms with Gasteiger partial charge in [0.15, 0.2) is 6.10 Å². The molecule has 0 radical (unpaired) electrons. The van der Waals surface area contributed by atoms with Gasteiger partial charge in [0.05, 0.1) is 19.5 Å². The molecule has 8 nitrogen and oxygen atoms in total. The van der Waals surface area contributed by atoms with Crippen molar-refractivity contribution >= 4 is 13.8 Å². The van der Waals surface area contributed by atoms with Gasteiger partial charge in [-0.15, -0.1) is 0 Å². The lowest BCUT2D eigenvalue weighted by atomic mass is 10.0. The molecule has 3 N–H and O–H groups in total. The second kappa shape index (κ2) is 42.7. The summed E-state index contributed by atoms with van der Waals surface area (Å²) in [5, 5.41) is 0. The minimum absolute atomic E-state index is 0.0324. The van der Waals surface area contributed by atoms with E-state index >= 15 is 0 Å². The van der Waals surface area contributed by atoms with Crippen molar-refractivity contribution in [1.82, 2.24) is 0 Å². The standard InChI is InChI=1S/C45H86NO7P/c1-3-5-7-9-11-13-15-17-19-21-22-23-24-26-28-30-32-34-36-38-45(47)53-44(43-52-54(48,49)51-41-39-46)42-50-40-37-35-33-31-29-27-25-20-18-16-14-12-10-8-6-4-2/h11,13,17,19,37,40,44H,3-10,12,14-16,18,20-36,38-39,41-43,46H2,1-2H3,(H,48,49). The lowest BCUT2D eigenvalue weighted by Gasteiger charge is -2.19. The van der Waals surface area contributed by atoms with Crippen LogP contribution in [0.25, 0.3) is 0 Å². The third kappa shape index (κ3) is 41.7. The van der Waals surface area contributed by atoms with Crippen molar-refractivity contribution in [3.05, 3.63) is 36.6 Å². The molecule has 0 bridgehead atoms. The van der Waals surface area contributed by atoms with Crippen molar-refractivity contribution in [2.45, 2.75) is 219 Å². The second-order valence-corrected chi connectivity index (χ2v) is 16.4. The van der Waals surface area contributed by atoms with Crippen LogP contribution in [-0.2, 0) is 27.9 Å². The number of hydrogen-bond acceptors (Lipinski definition) is 7. The van der Waals surface area contributed by atoms with Crippen LogP contribution < -0.4 is 5.73 Å². The van der Waals surface area contributed by atoms with Gasteiger partial charge in [-0.25, -0.2) is 4.57 Å². The van der Waals surface area contributed by atoms with E-state index in [1.54, 1.807) is 6.26 Å². The van der Waals surface area contributed by atoms with E-state index < -0.39 is 13.9 Å². The first kappa shape index (κ1) is 52.6. The minimum Gasteiger partial charge on any atom is -0.498 e. The summed E-state index contributed by atoms with van der Waals surface area (Å²) in [6.45, 7) is 4.23. The van der Waals surface area contributed by atoms with Crippen molar-refractivity contribution < 1.29 is 32.8 Å². The van der Waals surface area contributed by atoms with E-state index in [4.69, 9.17) is 24.3 Å². The van der Waals surface area contributed by atoms with Crippen LogP contribution in [-0.4, -0.2) is 43.3 Å². The van der Waals surface area contributed by atoms with Gasteiger partial charge in [0.25, 0.3) is 0 Å². The van der Waals surface area contributed by atoms with E-state index in [-0.39, 0.29) is 32.3 Å². The Morgan fingerprint density at radius 2 is 1.00 bits per heavy atom. The predicted octanol–water partition coefficient (Wildman–Crippen LogP) is 13.8. The molecule has 54 heavy (non-hydrogen) atoms. The molecule has 318 valence electrons. The summed E-state index contributed by atoms with van der Waals surface area (Å²) < 4.78 is 33.2. The molecule has 0 aromatic rings. The third-order valence-corrected chi connectivity index (χ3v) is 10.6. The number of phosphoric acid groups is 1. The smallest absolute Gasteiger partial charge is 0.472 e. The molecule has 0 amide bonds. The number of rotatable bonds is 43. The first-order valence-corrected chi connectivity index (χ1v) is 24.0. The SMILES string of the molecule is CCCCCC=CCC=CCCCCCCCCCCCC(=O)OC(COC=CCCCCCCCCCCCCCCCC)COP(=O)(O)OCCN. The zero-order valence-electron chi connectivity index (χ0n) is 35.2. The second-order valence-electron chi connectivity index (χ2n) is 15.0. The summed E-state index contributed by atoms with van der Waals surface area (Å²) in [6.07, 6.45) is 49.7. The molecule has 0 fully saturated rings. The molecule has 0 saturated heterocycles. The molecule has 0 aromatic heterocycles. The highest BCUT2D eigenvalue weighted by atomic mass is 31.2. The van der Waals surface area contributed by atoms with Crippen molar-refractivity contribution in [1.29, 1.82) is 0 Å². The van der Waals surface area contributed by atoms with E-state index in [9.17, 15) is 14.3 Å². The van der Waals surface area contributed by atoms with Crippen LogP contribution in [0.15, 0.2) is 36.6 Å². The van der Waals surface area contributed by atoms with Gasteiger partial charge in [-0.1, -0.05) is 179 Å².